The van der Waals surface area contributed by atoms with Crippen LogP contribution in [0.4, 0.5) is 11.5 Å². The van der Waals surface area contributed by atoms with Gasteiger partial charge in [0.1, 0.15) is 18.2 Å². The van der Waals surface area contributed by atoms with E-state index in [9.17, 15) is 4.79 Å². The highest BCUT2D eigenvalue weighted by molar-refractivity contribution is 5.44. The fourth-order valence-corrected chi connectivity index (χ4v) is 1.85. The number of fused-ring (bicyclic) bond motifs is 1. The SMILES string of the molecule is Nc1cccc(OCCNc2ccc3n[nH]c(=O)n3n2)c1. The van der Waals surface area contributed by atoms with E-state index in [0.717, 1.165) is 0 Å². The van der Waals surface area contributed by atoms with E-state index in [1.54, 1.807) is 24.3 Å². The van der Waals surface area contributed by atoms with Gasteiger partial charge >= 0.3 is 5.69 Å². The van der Waals surface area contributed by atoms with E-state index in [0.29, 0.717) is 36.1 Å². The highest BCUT2D eigenvalue weighted by Gasteiger charge is 2.02. The van der Waals surface area contributed by atoms with Crippen LogP contribution in [0, 0.1) is 0 Å². The van der Waals surface area contributed by atoms with Gasteiger partial charge in [-0.1, -0.05) is 6.07 Å². The minimum Gasteiger partial charge on any atom is -0.492 e. The number of hydrogen-bond donors (Lipinski definition) is 3. The van der Waals surface area contributed by atoms with Crippen molar-refractivity contribution in [2.45, 2.75) is 0 Å². The van der Waals surface area contributed by atoms with E-state index < -0.39 is 0 Å². The molecule has 8 nitrogen and oxygen atoms in total. The Morgan fingerprint density at radius 3 is 3.10 bits per heavy atom. The van der Waals surface area contributed by atoms with Gasteiger partial charge in [-0.3, -0.25) is 0 Å². The fraction of sp³-hybridized carbons (Fsp3) is 0.154. The Morgan fingerprint density at radius 1 is 1.33 bits per heavy atom. The van der Waals surface area contributed by atoms with Crippen molar-refractivity contribution in [1.29, 1.82) is 0 Å². The molecule has 0 radical (unpaired) electrons. The van der Waals surface area contributed by atoms with Crippen LogP contribution in [0.1, 0.15) is 0 Å². The zero-order valence-corrected chi connectivity index (χ0v) is 11.1. The molecule has 2 aromatic heterocycles. The molecule has 0 saturated carbocycles. The molecule has 0 spiro atoms. The first-order chi connectivity index (χ1) is 10.2. The highest BCUT2D eigenvalue weighted by atomic mass is 16.5. The fourth-order valence-electron chi connectivity index (χ4n) is 1.85. The number of H-pyrrole nitrogens is 1. The van der Waals surface area contributed by atoms with E-state index in [4.69, 9.17) is 10.5 Å². The molecule has 1 aromatic carbocycles. The number of benzene rings is 1. The van der Waals surface area contributed by atoms with Gasteiger partial charge in [0, 0.05) is 11.8 Å². The first-order valence-electron chi connectivity index (χ1n) is 6.39. The molecule has 3 rings (SSSR count). The van der Waals surface area contributed by atoms with Crippen molar-refractivity contribution in [1.82, 2.24) is 19.8 Å². The van der Waals surface area contributed by atoms with Crippen LogP contribution in [0.2, 0.25) is 0 Å². The summed E-state index contributed by atoms with van der Waals surface area (Å²) in [6.07, 6.45) is 0. The first-order valence-corrected chi connectivity index (χ1v) is 6.39. The summed E-state index contributed by atoms with van der Waals surface area (Å²) < 4.78 is 6.74. The summed E-state index contributed by atoms with van der Waals surface area (Å²) in [6, 6.07) is 10.7. The molecule has 0 aliphatic heterocycles. The lowest BCUT2D eigenvalue weighted by molar-refractivity contribution is 0.333. The Balaban J connectivity index is 1.57. The van der Waals surface area contributed by atoms with E-state index in [1.807, 2.05) is 12.1 Å². The van der Waals surface area contributed by atoms with Crippen LogP contribution in [0.25, 0.3) is 5.65 Å². The van der Waals surface area contributed by atoms with Crippen LogP contribution in [0.15, 0.2) is 41.2 Å². The molecule has 8 heteroatoms. The van der Waals surface area contributed by atoms with Crippen molar-refractivity contribution < 1.29 is 4.74 Å². The molecule has 4 N–H and O–H groups in total. The normalized spacial score (nSPS) is 10.7. The number of hydrogen-bond acceptors (Lipinski definition) is 6. The monoisotopic (exact) mass is 286 g/mol. The van der Waals surface area contributed by atoms with Gasteiger partial charge in [-0.25, -0.2) is 9.89 Å². The zero-order chi connectivity index (χ0) is 14.7. The van der Waals surface area contributed by atoms with Crippen molar-refractivity contribution in [2.75, 3.05) is 24.2 Å². The number of anilines is 2. The van der Waals surface area contributed by atoms with Gasteiger partial charge in [-0.2, -0.15) is 9.61 Å². The number of ether oxygens (including phenoxy) is 1. The molecule has 0 aliphatic carbocycles. The third-order valence-electron chi connectivity index (χ3n) is 2.81. The molecule has 0 atom stereocenters. The number of nitrogens with two attached hydrogens (primary N) is 1. The smallest absolute Gasteiger partial charge is 0.364 e. The average molecular weight is 286 g/mol. The number of nitrogens with one attached hydrogen (secondary N) is 2. The Morgan fingerprint density at radius 2 is 2.24 bits per heavy atom. The second kappa shape index (κ2) is 5.53. The summed E-state index contributed by atoms with van der Waals surface area (Å²) in [5.41, 5.74) is 6.43. The number of nitrogens with zero attached hydrogens (tertiary/aromatic N) is 3. The predicted molar refractivity (Wildman–Crippen MR) is 78.4 cm³/mol. The van der Waals surface area contributed by atoms with Crippen LogP contribution < -0.4 is 21.5 Å². The van der Waals surface area contributed by atoms with Crippen molar-refractivity contribution in [3.8, 4) is 5.75 Å². The summed E-state index contributed by atoms with van der Waals surface area (Å²) in [5.74, 6) is 1.29. The quantitative estimate of drug-likeness (QED) is 0.465. The molecule has 108 valence electrons. The summed E-state index contributed by atoms with van der Waals surface area (Å²) in [5, 5.41) is 13.3. The lowest BCUT2D eigenvalue weighted by Gasteiger charge is -2.08. The van der Waals surface area contributed by atoms with E-state index in [2.05, 4.69) is 20.6 Å². The molecule has 21 heavy (non-hydrogen) atoms. The van der Waals surface area contributed by atoms with Crippen LogP contribution in [0.3, 0.4) is 0 Å². The largest absolute Gasteiger partial charge is 0.492 e. The molecular weight excluding hydrogens is 272 g/mol. The van der Waals surface area contributed by atoms with Gasteiger partial charge in [-0.05, 0) is 24.3 Å². The first kappa shape index (κ1) is 13.0. The topological polar surface area (TPSA) is 110 Å². The van der Waals surface area contributed by atoms with Crippen LogP contribution in [0.5, 0.6) is 5.75 Å². The third kappa shape index (κ3) is 2.94. The lowest BCUT2D eigenvalue weighted by atomic mass is 10.3. The zero-order valence-electron chi connectivity index (χ0n) is 11.1. The number of rotatable bonds is 5. The second-order valence-corrected chi connectivity index (χ2v) is 4.37. The number of aromatic amines is 1. The molecular formula is C13H14N6O2. The molecule has 0 bridgehead atoms. The van der Waals surface area contributed by atoms with Crippen LogP contribution in [-0.2, 0) is 0 Å². The molecule has 0 amide bonds. The van der Waals surface area contributed by atoms with Crippen LogP contribution in [-0.4, -0.2) is 33.0 Å². The van der Waals surface area contributed by atoms with Gasteiger partial charge in [0.15, 0.2) is 5.65 Å². The summed E-state index contributed by atoms with van der Waals surface area (Å²) in [7, 11) is 0. The van der Waals surface area contributed by atoms with Crippen molar-refractivity contribution in [2.24, 2.45) is 0 Å². The molecule has 0 saturated heterocycles. The van der Waals surface area contributed by atoms with Crippen molar-refractivity contribution in [3.05, 3.63) is 46.9 Å². The minimum atomic E-state index is -0.371. The van der Waals surface area contributed by atoms with E-state index in [1.165, 1.54) is 4.52 Å². The average Bonchev–Trinajstić information content (AvgIpc) is 2.85. The van der Waals surface area contributed by atoms with Gasteiger partial charge in [0.25, 0.3) is 0 Å². The minimum absolute atomic E-state index is 0.371. The van der Waals surface area contributed by atoms with Gasteiger partial charge in [-0.15, -0.1) is 5.10 Å². The third-order valence-corrected chi connectivity index (χ3v) is 2.81. The van der Waals surface area contributed by atoms with Crippen LogP contribution >= 0.6 is 0 Å². The van der Waals surface area contributed by atoms with E-state index in [-0.39, 0.29) is 5.69 Å². The van der Waals surface area contributed by atoms with Gasteiger partial charge in [0.2, 0.25) is 0 Å². The maximum atomic E-state index is 11.4. The summed E-state index contributed by atoms with van der Waals surface area (Å²) in [6.45, 7) is 0.989. The summed E-state index contributed by atoms with van der Waals surface area (Å²) >= 11 is 0. The Labute approximate surface area is 119 Å². The predicted octanol–water partition coefficient (Wildman–Crippen LogP) is 0.491. The molecule has 2 heterocycles. The van der Waals surface area contributed by atoms with Crippen molar-refractivity contribution >= 4 is 17.2 Å². The molecule has 0 unspecified atom stereocenters. The Hall–Kier alpha value is -3.03. The van der Waals surface area contributed by atoms with Crippen molar-refractivity contribution in [3.63, 3.8) is 0 Å². The standard InChI is InChI=1S/C13H14N6O2/c14-9-2-1-3-10(8-9)21-7-6-15-11-4-5-12-16-17-13(20)19(12)18-11/h1-5,8H,6-7,14H2,(H,15,18)(H,17,20). The lowest BCUT2D eigenvalue weighted by Crippen LogP contribution is -2.16. The second-order valence-electron chi connectivity index (χ2n) is 4.37. The maximum absolute atomic E-state index is 11.4. The van der Waals surface area contributed by atoms with Gasteiger partial charge in [0.05, 0.1) is 6.54 Å². The molecule has 3 aromatic rings. The molecule has 0 aliphatic rings. The summed E-state index contributed by atoms with van der Waals surface area (Å²) in [4.78, 5) is 11.4. The number of aromatic nitrogens is 4. The maximum Gasteiger partial charge on any atom is 0.364 e. The van der Waals surface area contributed by atoms with Gasteiger partial charge < -0.3 is 15.8 Å². The Bertz CT molecular complexity index is 810. The number of nitrogen functional groups attached to an aromatic ring is 1. The molecule has 0 fully saturated rings. The van der Waals surface area contributed by atoms with E-state index >= 15 is 0 Å². The Kier molecular flexibility index (Phi) is 3.42. The highest BCUT2D eigenvalue weighted by Crippen LogP contribution is 2.14.